The van der Waals surface area contributed by atoms with E-state index in [1.54, 1.807) is 12.1 Å². The molecule has 0 spiro atoms. The lowest BCUT2D eigenvalue weighted by Crippen LogP contribution is -2.03. The van der Waals surface area contributed by atoms with Crippen molar-refractivity contribution >= 4 is 21.7 Å². The van der Waals surface area contributed by atoms with Crippen LogP contribution in [0.4, 0.5) is 8.78 Å². The maximum absolute atomic E-state index is 11.9. The van der Waals surface area contributed by atoms with Crippen LogP contribution in [-0.4, -0.2) is 6.61 Å². The third kappa shape index (κ3) is 2.50. The van der Waals surface area contributed by atoms with Gasteiger partial charge in [0.25, 0.3) is 0 Å². The number of ether oxygens (including phenoxy) is 1. The largest absolute Gasteiger partial charge is 0.433 e. The minimum Gasteiger partial charge on any atom is -0.433 e. The number of benzene rings is 1. The van der Waals surface area contributed by atoms with Gasteiger partial charge in [-0.1, -0.05) is 6.07 Å². The van der Waals surface area contributed by atoms with Gasteiger partial charge in [0.2, 0.25) is 0 Å². The van der Waals surface area contributed by atoms with Crippen LogP contribution in [-0.2, 0) is 0 Å². The molecule has 0 N–H and O–H groups in total. The van der Waals surface area contributed by atoms with Gasteiger partial charge in [0, 0.05) is 4.90 Å². The zero-order chi connectivity index (χ0) is 10.6. The van der Waals surface area contributed by atoms with Gasteiger partial charge in [-0.25, -0.2) is 0 Å². The highest BCUT2D eigenvalue weighted by Gasteiger charge is 2.12. The van der Waals surface area contributed by atoms with E-state index < -0.39 is 6.61 Å². The fourth-order valence-corrected chi connectivity index (χ4v) is 1.62. The van der Waals surface area contributed by atoms with Crippen LogP contribution in [0.3, 0.4) is 0 Å². The van der Waals surface area contributed by atoms with E-state index in [0.29, 0.717) is 4.90 Å². The summed E-state index contributed by atoms with van der Waals surface area (Å²) in [4.78, 5) is 0.396. The summed E-state index contributed by atoms with van der Waals surface area (Å²) < 4.78 is 28.0. The van der Waals surface area contributed by atoms with Crippen LogP contribution >= 0.6 is 21.7 Å². The first-order valence-electron chi connectivity index (χ1n) is 3.45. The highest BCUT2D eigenvalue weighted by molar-refractivity contribution is 8.21. The quantitative estimate of drug-likeness (QED) is 0.805. The lowest BCUT2D eigenvalue weighted by molar-refractivity contribution is -0.0501. The van der Waals surface area contributed by atoms with Gasteiger partial charge in [0.15, 0.2) is 0 Å². The predicted octanol–water partition coefficient (Wildman–Crippen LogP) is 3.41. The molecule has 0 unspecified atom stereocenters. The lowest BCUT2D eigenvalue weighted by atomic mass is 10.2. The highest BCUT2D eigenvalue weighted by atomic mass is 35.7. The summed E-state index contributed by atoms with van der Waals surface area (Å²) in [7, 11) is 6.23. The van der Waals surface area contributed by atoms with Crippen molar-refractivity contribution in [2.75, 3.05) is 0 Å². The highest BCUT2D eigenvalue weighted by Crippen LogP contribution is 2.32. The second kappa shape index (κ2) is 5.03. The van der Waals surface area contributed by atoms with Gasteiger partial charge in [-0.3, -0.25) is 0 Å². The fraction of sp³-hybridized carbons (Fsp3) is 0.125. The van der Waals surface area contributed by atoms with Gasteiger partial charge < -0.3 is 4.74 Å². The zero-order valence-corrected chi connectivity index (χ0v) is 8.28. The summed E-state index contributed by atoms with van der Waals surface area (Å²) in [6.45, 7) is -2.95. The van der Waals surface area contributed by atoms with Crippen LogP contribution < -0.4 is 4.74 Å². The Morgan fingerprint density at radius 1 is 1.50 bits per heavy atom. The topological polar surface area (TPSA) is 33.0 Å². The summed E-state index contributed by atoms with van der Waals surface area (Å²) in [6, 6.07) is 6.09. The summed E-state index contributed by atoms with van der Waals surface area (Å²) in [5.41, 5.74) is 0.0211. The van der Waals surface area contributed by atoms with Crippen molar-refractivity contribution < 1.29 is 13.5 Å². The van der Waals surface area contributed by atoms with E-state index in [1.165, 1.54) is 12.1 Å². The molecule has 0 aromatic heterocycles. The van der Waals surface area contributed by atoms with E-state index in [9.17, 15) is 8.78 Å². The minimum absolute atomic E-state index is 0.0211. The Labute approximate surface area is 87.9 Å². The number of hydrogen-bond acceptors (Lipinski definition) is 3. The normalized spacial score (nSPS) is 9.93. The molecule has 0 fully saturated rings. The van der Waals surface area contributed by atoms with E-state index in [1.807, 2.05) is 0 Å². The standard InChI is InChI=1S/C8H4ClF2NOS/c9-14-7-3-1-2-6(5(7)4-12)13-8(10)11/h1-3,8H. The Kier molecular flexibility index (Phi) is 3.98. The van der Waals surface area contributed by atoms with E-state index in [-0.39, 0.29) is 11.3 Å². The van der Waals surface area contributed by atoms with Gasteiger partial charge in [-0.15, -0.1) is 0 Å². The summed E-state index contributed by atoms with van der Waals surface area (Å²) >= 11 is 0. The molecule has 0 radical (unpaired) electrons. The molecule has 14 heavy (non-hydrogen) atoms. The average molecular weight is 236 g/mol. The van der Waals surface area contributed by atoms with Gasteiger partial charge in [0.1, 0.15) is 17.4 Å². The first-order chi connectivity index (χ1) is 6.69. The van der Waals surface area contributed by atoms with Crippen LogP contribution in [0.2, 0.25) is 0 Å². The fourth-order valence-electron chi connectivity index (χ4n) is 0.880. The van der Waals surface area contributed by atoms with Gasteiger partial charge in [-0.2, -0.15) is 14.0 Å². The number of nitriles is 1. The molecule has 6 heteroatoms. The van der Waals surface area contributed by atoms with Crippen LogP contribution in [0.15, 0.2) is 23.1 Å². The number of nitrogens with zero attached hydrogens (tertiary/aromatic N) is 1. The van der Waals surface area contributed by atoms with Crippen LogP contribution in [0.1, 0.15) is 5.56 Å². The van der Waals surface area contributed by atoms with Crippen molar-refractivity contribution in [3.63, 3.8) is 0 Å². The molecule has 1 rings (SSSR count). The number of hydrogen-bond donors (Lipinski definition) is 0. The van der Waals surface area contributed by atoms with Gasteiger partial charge >= 0.3 is 6.61 Å². The summed E-state index contributed by atoms with van der Waals surface area (Å²) in [5.74, 6) is -0.159. The van der Waals surface area contributed by atoms with Crippen molar-refractivity contribution in [3.8, 4) is 11.8 Å². The molecule has 2 nitrogen and oxygen atoms in total. The molecule has 0 saturated heterocycles. The van der Waals surface area contributed by atoms with Crippen molar-refractivity contribution in [2.45, 2.75) is 11.5 Å². The first-order valence-corrected chi connectivity index (χ1v) is 5.09. The minimum atomic E-state index is -2.95. The molecule has 0 atom stereocenters. The number of rotatable bonds is 3. The third-order valence-electron chi connectivity index (χ3n) is 1.40. The molecule has 0 aliphatic carbocycles. The Morgan fingerprint density at radius 3 is 2.71 bits per heavy atom. The Hall–Kier alpha value is -0.990. The Balaban J connectivity index is 3.10. The average Bonchev–Trinajstić information content (AvgIpc) is 2.16. The third-order valence-corrected chi connectivity index (χ3v) is 2.40. The molecule has 74 valence electrons. The number of halogens is 3. The molecule has 0 aliphatic heterocycles. The van der Waals surface area contributed by atoms with E-state index in [4.69, 9.17) is 15.9 Å². The van der Waals surface area contributed by atoms with Gasteiger partial charge in [0.05, 0.1) is 0 Å². The summed E-state index contributed by atoms with van der Waals surface area (Å²) in [6.07, 6.45) is 0. The van der Waals surface area contributed by atoms with Crippen LogP contribution in [0.5, 0.6) is 5.75 Å². The van der Waals surface area contributed by atoms with Crippen LogP contribution in [0.25, 0.3) is 0 Å². The van der Waals surface area contributed by atoms with Crippen molar-refractivity contribution in [1.82, 2.24) is 0 Å². The molecular formula is C8H4ClF2NOS. The van der Waals surface area contributed by atoms with Crippen LogP contribution in [0, 0.1) is 11.3 Å². The second-order valence-corrected chi connectivity index (χ2v) is 3.25. The predicted molar refractivity (Wildman–Crippen MR) is 49.5 cm³/mol. The lowest BCUT2D eigenvalue weighted by Gasteiger charge is -2.07. The van der Waals surface area contributed by atoms with E-state index in [2.05, 4.69) is 4.74 Å². The zero-order valence-electron chi connectivity index (χ0n) is 6.71. The Bertz CT molecular complexity index is 367. The smallest absolute Gasteiger partial charge is 0.387 e. The molecule has 0 aliphatic rings. The van der Waals surface area contributed by atoms with E-state index >= 15 is 0 Å². The maximum Gasteiger partial charge on any atom is 0.387 e. The molecule has 0 heterocycles. The molecule has 0 amide bonds. The second-order valence-electron chi connectivity index (χ2n) is 2.20. The van der Waals surface area contributed by atoms with Crippen molar-refractivity contribution in [2.24, 2.45) is 0 Å². The van der Waals surface area contributed by atoms with Gasteiger partial charge in [-0.05, 0) is 33.8 Å². The SMILES string of the molecule is N#Cc1c(OC(F)F)cccc1SCl. The molecular weight excluding hydrogens is 232 g/mol. The Morgan fingerprint density at radius 2 is 2.21 bits per heavy atom. The molecule has 1 aromatic rings. The molecule has 0 saturated carbocycles. The number of alkyl halides is 2. The summed E-state index contributed by atoms with van der Waals surface area (Å²) in [5, 5.41) is 8.70. The maximum atomic E-state index is 11.9. The molecule has 1 aromatic carbocycles. The van der Waals surface area contributed by atoms with E-state index in [0.717, 1.165) is 11.0 Å². The van der Waals surface area contributed by atoms with Crippen molar-refractivity contribution in [3.05, 3.63) is 23.8 Å². The van der Waals surface area contributed by atoms with Crippen molar-refractivity contribution in [1.29, 1.82) is 5.26 Å². The molecule has 0 bridgehead atoms. The first kappa shape index (κ1) is 11.1. The monoisotopic (exact) mass is 235 g/mol.